The summed E-state index contributed by atoms with van der Waals surface area (Å²) < 4.78 is 10.7. The topological polar surface area (TPSA) is 59.6 Å². The van der Waals surface area contributed by atoms with Gasteiger partial charge in [-0.25, -0.2) is 4.79 Å². The summed E-state index contributed by atoms with van der Waals surface area (Å²) in [6, 6.07) is 13.5. The van der Waals surface area contributed by atoms with Gasteiger partial charge in [0.2, 0.25) is 0 Å². The molecule has 0 radical (unpaired) electrons. The lowest BCUT2D eigenvalue weighted by Crippen LogP contribution is -2.40. The first kappa shape index (κ1) is 19.4. The molecule has 0 heterocycles. The van der Waals surface area contributed by atoms with Crippen LogP contribution in [0.5, 0.6) is 11.5 Å². The van der Waals surface area contributed by atoms with Gasteiger partial charge in [0.15, 0.2) is 11.5 Å². The number of halogens is 1. The molecule has 6 heteroatoms. The van der Waals surface area contributed by atoms with E-state index in [0.717, 1.165) is 24.8 Å². The fraction of sp³-hybridized carbons (Fsp3) is 0.381. The third-order valence-corrected chi connectivity index (χ3v) is 5.26. The van der Waals surface area contributed by atoms with Crippen LogP contribution >= 0.6 is 11.6 Å². The third-order valence-electron chi connectivity index (χ3n) is 5.03. The van der Waals surface area contributed by atoms with Crippen LogP contribution in [0.2, 0.25) is 5.02 Å². The van der Waals surface area contributed by atoms with Crippen LogP contribution in [0.15, 0.2) is 42.5 Å². The van der Waals surface area contributed by atoms with Crippen molar-refractivity contribution in [1.82, 2.24) is 10.6 Å². The van der Waals surface area contributed by atoms with E-state index in [4.69, 9.17) is 21.1 Å². The van der Waals surface area contributed by atoms with Crippen molar-refractivity contribution in [1.29, 1.82) is 0 Å². The van der Waals surface area contributed by atoms with Gasteiger partial charge in [0.1, 0.15) is 0 Å². The average Bonchev–Trinajstić information content (AvgIpc) is 3.47. The van der Waals surface area contributed by atoms with Crippen molar-refractivity contribution in [3.63, 3.8) is 0 Å². The Labute approximate surface area is 165 Å². The molecule has 0 aromatic heterocycles. The highest BCUT2D eigenvalue weighted by Crippen LogP contribution is 2.49. The van der Waals surface area contributed by atoms with E-state index >= 15 is 0 Å². The molecule has 2 N–H and O–H groups in total. The standard InChI is InChI=1S/C21H25ClN2O3/c1-26-18-7-6-16(13-19(18)27-2)21(9-10-21)14-24-20(25)23-11-8-15-4-3-5-17(22)12-15/h3-7,12-13H,8-11,14H2,1-2H3,(H2,23,24,25). The fourth-order valence-electron chi connectivity index (χ4n) is 3.21. The molecule has 27 heavy (non-hydrogen) atoms. The van der Waals surface area contributed by atoms with E-state index in [9.17, 15) is 4.79 Å². The highest BCUT2D eigenvalue weighted by atomic mass is 35.5. The largest absolute Gasteiger partial charge is 0.493 e. The molecule has 0 spiro atoms. The molecule has 0 saturated heterocycles. The second-order valence-electron chi connectivity index (χ2n) is 6.84. The zero-order chi connectivity index (χ0) is 19.3. The Kier molecular flexibility index (Phi) is 6.11. The quantitative estimate of drug-likeness (QED) is 0.720. The molecule has 2 aromatic rings. The van der Waals surface area contributed by atoms with Gasteiger partial charge in [0.05, 0.1) is 14.2 Å². The number of amides is 2. The molecule has 0 atom stereocenters. The summed E-state index contributed by atoms with van der Waals surface area (Å²) in [5.74, 6) is 1.43. The highest BCUT2D eigenvalue weighted by molar-refractivity contribution is 6.30. The highest BCUT2D eigenvalue weighted by Gasteiger charge is 2.44. The Balaban J connectivity index is 1.49. The van der Waals surface area contributed by atoms with E-state index in [-0.39, 0.29) is 11.4 Å². The molecule has 0 aliphatic heterocycles. The van der Waals surface area contributed by atoms with Crippen LogP contribution < -0.4 is 20.1 Å². The third kappa shape index (κ3) is 4.86. The van der Waals surface area contributed by atoms with Crippen LogP contribution in [-0.2, 0) is 11.8 Å². The van der Waals surface area contributed by atoms with Gasteiger partial charge in [-0.15, -0.1) is 0 Å². The number of benzene rings is 2. The number of carbonyl (C=O) groups excluding carboxylic acids is 1. The Morgan fingerprint density at radius 2 is 1.85 bits per heavy atom. The number of hydrogen-bond donors (Lipinski definition) is 2. The van der Waals surface area contributed by atoms with Crippen LogP contribution in [0.3, 0.4) is 0 Å². The van der Waals surface area contributed by atoms with Crippen LogP contribution in [0.4, 0.5) is 4.79 Å². The minimum Gasteiger partial charge on any atom is -0.493 e. The van der Waals surface area contributed by atoms with E-state index in [2.05, 4.69) is 10.6 Å². The summed E-state index contributed by atoms with van der Waals surface area (Å²) in [7, 11) is 3.26. The maximum atomic E-state index is 12.1. The van der Waals surface area contributed by atoms with Crippen molar-refractivity contribution in [3.05, 3.63) is 58.6 Å². The molecule has 0 bridgehead atoms. The van der Waals surface area contributed by atoms with Gasteiger partial charge in [-0.2, -0.15) is 0 Å². The number of methoxy groups -OCH3 is 2. The molecule has 3 rings (SSSR count). The first-order valence-electron chi connectivity index (χ1n) is 9.05. The van der Waals surface area contributed by atoms with E-state index in [1.54, 1.807) is 14.2 Å². The summed E-state index contributed by atoms with van der Waals surface area (Å²) >= 11 is 5.98. The van der Waals surface area contributed by atoms with E-state index in [1.807, 2.05) is 42.5 Å². The number of hydrogen-bond acceptors (Lipinski definition) is 3. The van der Waals surface area contributed by atoms with Crippen molar-refractivity contribution in [2.45, 2.75) is 24.7 Å². The normalized spacial score (nSPS) is 14.3. The number of carbonyl (C=O) groups is 1. The molecule has 1 fully saturated rings. The molecule has 1 aliphatic rings. The van der Waals surface area contributed by atoms with Crippen molar-refractivity contribution in [2.24, 2.45) is 0 Å². The number of ether oxygens (including phenoxy) is 2. The van der Waals surface area contributed by atoms with Gasteiger partial charge in [-0.3, -0.25) is 0 Å². The number of nitrogens with one attached hydrogen (secondary N) is 2. The van der Waals surface area contributed by atoms with Gasteiger partial charge in [0, 0.05) is 23.5 Å². The maximum absolute atomic E-state index is 12.1. The van der Waals surface area contributed by atoms with Gasteiger partial charge >= 0.3 is 6.03 Å². The SMILES string of the molecule is COc1ccc(C2(CNC(=O)NCCc3cccc(Cl)c3)CC2)cc1OC. The van der Waals surface area contributed by atoms with E-state index in [0.29, 0.717) is 29.6 Å². The first-order valence-corrected chi connectivity index (χ1v) is 9.43. The molecule has 0 unspecified atom stereocenters. The van der Waals surface area contributed by atoms with Crippen molar-refractivity contribution in [2.75, 3.05) is 27.3 Å². The lowest BCUT2D eigenvalue weighted by atomic mass is 9.95. The monoisotopic (exact) mass is 388 g/mol. The molecule has 2 aromatic carbocycles. The van der Waals surface area contributed by atoms with Gasteiger partial charge < -0.3 is 20.1 Å². The van der Waals surface area contributed by atoms with E-state index in [1.165, 1.54) is 5.56 Å². The van der Waals surface area contributed by atoms with Crippen LogP contribution in [0.1, 0.15) is 24.0 Å². The second-order valence-corrected chi connectivity index (χ2v) is 7.28. The molecule has 1 saturated carbocycles. The molecular formula is C21H25ClN2O3. The molecule has 144 valence electrons. The van der Waals surface area contributed by atoms with Gasteiger partial charge in [-0.1, -0.05) is 29.8 Å². The van der Waals surface area contributed by atoms with Crippen molar-refractivity contribution in [3.8, 4) is 11.5 Å². The zero-order valence-corrected chi connectivity index (χ0v) is 16.4. The van der Waals surface area contributed by atoms with Gasteiger partial charge in [-0.05, 0) is 54.7 Å². The molecular weight excluding hydrogens is 364 g/mol. The first-order chi connectivity index (χ1) is 13.1. The minimum absolute atomic E-state index is 0.0101. The molecule has 5 nitrogen and oxygen atoms in total. The number of urea groups is 1. The van der Waals surface area contributed by atoms with Crippen LogP contribution in [0.25, 0.3) is 0 Å². The predicted molar refractivity (Wildman–Crippen MR) is 107 cm³/mol. The van der Waals surface area contributed by atoms with Gasteiger partial charge in [0.25, 0.3) is 0 Å². The molecule has 1 aliphatic carbocycles. The Morgan fingerprint density at radius 1 is 1.07 bits per heavy atom. The minimum atomic E-state index is -0.149. The van der Waals surface area contributed by atoms with Crippen LogP contribution in [0, 0.1) is 0 Å². The maximum Gasteiger partial charge on any atom is 0.314 e. The lowest BCUT2D eigenvalue weighted by molar-refractivity contribution is 0.240. The van der Waals surface area contributed by atoms with E-state index < -0.39 is 0 Å². The summed E-state index contributed by atoms with van der Waals surface area (Å²) in [5.41, 5.74) is 2.26. The molecule has 2 amide bonds. The zero-order valence-electron chi connectivity index (χ0n) is 15.7. The average molecular weight is 389 g/mol. The van der Waals surface area contributed by atoms with Crippen molar-refractivity contribution < 1.29 is 14.3 Å². The summed E-state index contributed by atoms with van der Waals surface area (Å²) in [6.07, 6.45) is 2.84. The second kappa shape index (κ2) is 8.53. The fourth-order valence-corrected chi connectivity index (χ4v) is 3.42. The summed E-state index contributed by atoms with van der Waals surface area (Å²) in [5, 5.41) is 6.62. The Morgan fingerprint density at radius 3 is 2.52 bits per heavy atom. The lowest BCUT2D eigenvalue weighted by Gasteiger charge is -2.19. The van der Waals surface area contributed by atoms with Crippen molar-refractivity contribution >= 4 is 17.6 Å². The Bertz CT molecular complexity index is 806. The summed E-state index contributed by atoms with van der Waals surface area (Å²) in [6.45, 7) is 1.17. The number of rotatable bonds is 8. The predicted octanol–water partition coefficient (Wildman–Crippen LogP) is 3.93. The Hall–Kier alpha value is -2.40. The van der Waals surface area contributed by atoms with Crippen LogP contribution in [-0.4, -0.2) is 33.3 Å². The summed E-state index contributed by atoms with van der Waals surface area (Å²) in [4.78, 5) is 12.1. The smallest absolute Gasteiger partial charge is 0.314 e.